The molecule has 0 amide bonds. The molecule has 0 aliphatic rings. The molecule has 0 fully saturated rings. The summed E-state index contributed by atoms with van der Waals surface area (Å²) in [7, 11) is 0. The molecule has 0 aromatic heterocycles. The van der Waals surface area contributed by atoms with Gasteiger partial charge in [0, 0.05) is 19.3 Å². The van der Waals surface area contributed by atoms with Crippen LogP contribution in [0.2, 0.25) is 0 Å². The minimum absolute atomic E-state index is 0.0647. The van der Waals surface area contributed by atoms with E-state index in [0.717, 1.165) is 63.7 Å². The summed E-state index contributed by atoms with van der Waals surface area (Å²) in [5.41, 5.74) is 0. The summed E-state index contributed by atoms with van der Waals surface area (Å²) < 4.78 is 16.6. The second-order valence-electron chi connectivity index (χ2n) is 15.5. The van der Waals surface area contributed by atoms with E-state index in [4.69, 9.17) is 14.2 Å². The first kappa shape index (κ1) is 48.4. The van der Waals surface area contributed by atoms with Crippen molar-refractivity contribution < 1.29 is 28.6 Å². The number of carbonyl (C=O) groups is 3. The second kappa shape index (κ2) is 38.6. The van der Waals surface area contributed by atoms with Gasteiger partial charge in [0.15, 0.2) is 6.10 Å². The number of ether oxygens (including phenoxy) is 3. The molecule has 6 nitrogen and oxygen atoms in total. The maximum atomic E-state index is 12.6. The highest BCUT2D eigenvalue weighted by atomic mass is 16.6. The number of esters is 3. The zero-order chi connectivity index (χ0) is 36.8. The first-order valence-corrected chi connectivity index (χ1v) is 21.9. The topological polar surface area (TPSA) is 78.9 Å². The van der Waals surface area contributed by atoms with Crippen LogP contribution in [0.25, 0.3) is 0 Å². The average Bonchev–Trinajstić information content (AvgIpc) is 3.09. The highest BCUT2D eigenvalue weighted by molar-refractivity contribution is 5.71. The van der Waals surface area contributed by atoms with Gasteiger partial charge in [-0.15, -0.1) is 0 Å². The molecule has 0 bridgehead atoms. The van der Waals surface area contributed by atoms with Crippen molar-refractivity contribution in [2.24, 2.45) is 5.92 Å². The maximum absolute atomic E-state index is 12.6. The van der Waals surface area contributed by atoms with Crippen LogP contribution < -0.4 is 0 Å². The molecule has 0 aliphatic heterocycles. The van der Waals surface area contributed by atoms with Gasteiger partial charge in [-0.3, -0.25) is 14.4 Å². The normalized spacial score (nSPS) is 11.9. The van der Waals surface area contributed by atoms with Gasteiger partial charge in [0.25, 0.3) is 0 Å². The Morgan fingerprint density at radius 3 is 0.980 bits per heavy atom. The summed E-state index contributed by atoms with van der Waals surface area (Å²) in [6.07, 6.45) is 36.7. The lowest BCUT2D eigenvalue weighted by atomic mass is 10.0. The van der Waals surface area contributed by atoms with Gasteiger partial charge in [-0.05, 0) is 25.2 Å². The van der Waals surface area contributed by atoms with E-state index in [0.29, 0.717) is 19.3 Å². The monoisotopic (exact) mass is 709 g/mol. The Labute approximate surface area is 310 Å². The summed E-state index contributed by atoms with van der Waals surface area (Å²) in [4.78, 5) is 37.5. The van der Waals surface area contributed by atoms with Gasteiger partial charge in [0.05, 0.1) is 0 Å². The Balaban J connectivity index is 4.25. The molecule has 0 aromatic carbocycles. The Hall–Kier alpha value is -1.59. The number of rotatable bonds is 39. The molecule has 6 heteroatoms. The Morgan fingerprint density at radius 2 is 0.660 bits per heavy atom. The molecular weight excluding hydrogens is 624 g/mol. The third-order valence-electron chi connectivity index (χ3n) is 9.79. The highest BCUT2D eigenvalue weighted by Gasteiger charge is 2.19. The fourth-order valence-electron chi connectivity index (χ4n) is 6.45. The highest BCUT2D eigenvalue weighted by Crippen LogP contribution is 2.16. The van der Waals surface area contributed by atoms with Gasteiger partial charge in [0.1, 0.15) is 13.2 Å². The van der Waals surface area contributed by atoms with Gasteiger partial charge in [0.2, 0.25) is 0 Å². The van der Waals surface area contributed by atoms with Crippen molar-refractivity contribution >= 4 is 17.9 Å². The second-order valence-corrected chi connectivity index (χ2v) is 15.5. The molecule has 0 N–H and O–H groups in total. The fourth-order valence-corrected chi connectivity index (χ4v) is 6.45. The van der Waals surface area contributed by atoms with E-state index in [1.54, 1.807) is 0 Å². The van der Waals surface area contributed by atoms with Crippen LogP contribution in [0.4, 0.5) is 0 Å². The molecule has 50 heavy (non-hydrogen) atoms. The van der Waals surface area contributed by atoms with Crippen LogP contribution in [0.5, 0.6) is 0 Å². The summed E-state index contributed by atoms with van der Waals surface area (Å²) in [5.74, 6) is -0.0553. The zero-order valence-corrected chi connectivity index (χ0v) is 33.9. The molecule has 296 valence electrons. The van der Waals surface area contributed by atoms with Gasteiger partial charge >= 0.3 is 17.9 Å². The lowest BCUT2D eigenvalue weighted by Gasteiger charge is -2.18. The third-order valence-corrected chi connectivity index (χ3v) is 9.79. The maximum Gasteiger partial charge on any atom is 0.306 e. The molecule has 0 aromatic rings. The molecule has 0 radical (unpaired) electrons. The van der Waals surface area contributed by atoms with Crippen molar-refractivity contribution in [1.82, 2.24) is 0 Å². The fraction of sp³-hybridized carbons (Fsp3) is 0.932. The SMILES string of the molecule is CCCCCCCCCCCCCCCC(=O)OC[C@H](COC(=O)CCCCCCCCCCCC(C)C)OC(=O)CCCCCCCCC. The van der Waals surface area contributed by atoms with E-state index in [1.807, 2.05) is 0 Å². The molecule has 0 unspecified atom stereocenters. The zero-order valence-electron chi connectivity index (χ0n) is 33.9. The van der Waals surface area contributed by atoms with Gasteiger partial charge in [-0.25, -0.2) is 0 Å². The lowest BCUT2D eigenvalue weighted by molar-refractivity contribution is -0.167. The van der Waals surface area contributed by atoms with Gasteiger partial charge in [-0.1, -0.05) is 201 Å². The molecule has 0 aliphatic carbocycles. The predicted molar refractivity (Wildman–Crippen MR) is 210 cm³/mol. The lowest BCUT2D eigenvalue weighted by Crippen LogP contribution is -2.30. The van der Waals surface area contributed by atoms with Crippen LogP contribution in [-0.4, -0.2) is 37.2 Å². The molecular formula is C44H84O6. The number of carbonyl (C=O) groups excluding carboxylic acids is 3. The molecule has 0 spiro atoms. The van der Waals surface area contributed by atoms with Crippen LogP contribution >= 0.6 is 0 Å². The summed E-state index contributed by atoms with van der Waals surface area (Å²) in [5, 5.41) is 0. The Bertz CT molecular complexity index is 751. The number of hydrogen-bond acceptors (Lipinski definition) is 6. The van der Waals surface area contributed by atoms with E-state index < -0.39 is 6.10 Å². The predicted octanol–water partition coefficient (Wildman–Crippen LogP) is 13.6. The van der Waals surface area contributed by atoms with Gasteiger partial charge in [-0.2, -0.15) is 0 Å². The van der Waals surface area contributed by atoms with E-state index in [-0.39, 0.29) is 31.1 Å². The first-order valence-electron chi connectivity index (χ1n) is 21.9. The number of hydrogen-bond donors (Lipinski definition) is 0. The average molecular weight is 709 g/mol. The summed E-state index contributed by atoms with van der Waals surface area (Å²) in [6, 6.07) is 0. The van der Waals surface area contributed by atoms with Crippen LogP contribution in [0.1, 0.15) is 240 Å². The molecule has 0 saturated heterocycles. The Morgan fingerprint density at radius 1 is 0.380 bits per heavy atom. The number of unbranched alkanes of at least 4 members (excludes halogenated alkanes) is 26. The first-order chi connectivity index (χ1) is 24.4. The van der Waals surface area contributed by atoms with Crippen LogP contribution in [0.3, 0.4) is 0 Å². The minimum atomic E-state index is -0.757. The minimum Gasteiger partial charge on any atom is -0.462 e. The largest absolute Gasteiger partial charge is 0.462 e. The van der Waals surface area contributed by atoms with Crippen molar-refractivity contribution in [2.75, 3.05) is 13.2 Å². The van der Waals surface area contributed by atoms with Crippen LogP contribution in [-0.2, 0) is 28.6 Å². The van der Waals surface area contributed by atoms with Gasteiger partial charge < -0.3 is 14.2 Å². The Kier molecular flexibility index (Phi) is 37.4. The van der Waals surface area contributed by atoms with Crippen molar-refractivity contribution in [3.05, 3.63) is 0 Å². The van der Waals surface area contributed by atoms with Crippen molar-refractivity contribution in [1.29, 1.82) is 0 Å². The van der Waals surface area contributed by atoms with Crippen molar-refractivity contribution in [3.8, 4) is 0 Å². The third kappa shape index (κ3) is 37.7. The summed E-state index contributed by atoms with van der Waals surface area (Å²) >= 11 is 0. The van der Waals surface area contributed by atoms with E-state index in [2.05, 4.69) is 27.7 Å². The quantitative estimate of drug-likeness (QED) is 0.0359. The van der Waals surface area contributed by atoms with Crippen molar-refractivity contribution in [2.45, 2.75) is 246 Å². The van der Waals surface area contributed by atoms with Crippen molar-refractivity contribution in [3.63, 3.8) is 0 Å². The smallest absolute Gasteiger partial charge is 0.306 e. The standard InChI is InChI=1S/C44H84O6/c1-5-7-9-11-13-14-15-16-17-20-24-27-31-35-42(45)48-38-41(50-44(47)37-33-29-22-12-10-8-6-2)39-49-43(46)36-32-28-25-21-18-19-23-26-30-34-40(3)4/h40-41H,5-39H2,1-4H3/t41-/m1/s1. The molecule has 0 rings (SSSR count). The molecule has 0 saturated carbocycles. The molecule has 1 atom stereocenters. The summed E-state index contributed by atoms with van der Waals surface area (Å²) in [6.45, 7) is 8.93. The van der Waals surface area contributed by atoms with E-state index >= 15 is 0 Å². The van der Waals surface area contributed by atoms with Crippen LogP contribution in [0.15, 0.2) is 0 Å². The van der Waals surface area contributed by atoms with E-state index in [1.165, 1.54) is 135 Å². The molecule has 0 heterocycles. The van der Waals surface area contributed by atoms with E-state index in [9.17, 15) is 14.4 Å². The van der Waals surface area contributed by atoms with Crippen LogP contribution in [0, 0.1) is 5.92 Å².